The summed E-state index contributed by atoms with van der Waals surface area (Å²) in [5.74, 6) is 0. The lowest BCUT2D eigenvalue weighted by Gasteiger charge is -2.21. The van der Waals surface area contributed by atoms with Crippen LogP contribution in [-0.4, -0.2) is 17.3 Å². The second kappa shape index (κ2) is 5.13. The molecule has 0 bridgehead atoms. The standard InChI is InChI=1S/C12H18O2/c1-9(13)10(2)14-11(3)12-7-5-4-6-8-12/h4-11,13H,1-3H3/t9-,10-,11-/m1/s1. The molecule has 0 fully saturated rings. The Kier molecular flexibility index (Phi) is 4.11. The van der Waals surface area contributed by atoms with E-state index in [0.29, 0.717) is 0 Å². The van der Waals surface area contributed by atoms with Crippen LogP contribution in [0.25, 0.3) is 0 Å². The maximum absolute atomic E-state index is 9.29. The highest BCUT2D eigenvalue weighted by atomic mass is 16.5. The van der Waals surface area contributed by atoms with Crippen molar-refractivity contribution in [2.45, 2.75) is 39.1 Å². The Morgan fingerprint density at radius 2 is 1.64 bits per heavy atom. The summed E-state index contributed by atoms with van der Waals surface area (Å²) in [4.78, 5) is 0. The maximum atomic E-state index is 9.29. The topological polar surface area (TPSA) is 29.5 Å². The molecule has 0 aliphatic carbocycles. The highest BCUT2D eigenvalue weighted by Crippen LogP contribution is 2.18. The molecule has 0 aliphatic rings. The molecule has 0 radical (unpaired) electrons. The first-order chi connectivity index (χ1) is 6.61. The van der Waals surface area contributed by atoms with Crippen LogP contribution in [0.1, 0.15) is 32.4 Å². The molecule has 0 spiro atoms. The third-order valence-electron chi connectivity index (χ3n) is 2.37. The molecule has 0 amide bonds. The Morgan fingerprint density at radius 3 is 2.14 bits per heavy atom. The van der Waals surface area contributed by atoms with Crippen molar-refractivity contribution >= 4 is 0 Å². The van der Waals surface area contributed by atoms with Gasteiger partial charge in [0.05, 0.1) is 18.3 Å². The summed E-state index contributed by atoms with van der Waals surface area (Å²) in [5.41, 5.74) is 1.14. The fraction of sp³-hybridized carbons (Fsp3) is 0.500. The number of ether oxygens (including phenoxy) is 1. The molecular formula is C12H18O2. The predicted molar refractivity (Wildman–Crippen MR) is 57.1 cm³/mol. The third-order valence-corrected chi connectivity index (χ3v) is 2.37. The van der Waals surface area contributed by atoms with E-state index < -0.39 is 6.10 Å². The summed E-state index contributed by atoms with van der Waals surface area (Å²) in [6.07, 6.45) is -0.535. The fourth-order valence-electron chi connectivity index (χ4n) is 1.24. The molecular weight excluding hydrogens is 176 g/mol. The van der Waals surface area contributed by atoms with Crippen molar-refractivity contribution in [2.75, 3.05) is 0 Å². The molecule has 0 unspecified atom stereocenters. The van der Waals surface area contributed by atoms with E-state index in [1.165, 1.54) is 0 Å². The van der Waals surface area contributed by atoms with Gasteiger partial charge in [-0.25, -0.2) is 0 Å². The summed E-state index contributed by atoms with van der Waals surface area (Å²) >= 11 is 0. The fourth-order valence-corrected chi connectivity index (χ4v) is 1.24. The van der Waals surface area contributed by atoms with Crippen LogP contribution in [0.15, 0.2) is 30.3 Å². The molecule has 78 valence electrons. The van der Waals surface area contributed by atoms with Crippen molar-refractivity contribution in [2.24, 2.45) is 0 Å². The van der Waals surface area contributed by atoms with Gasteiger partial charge in [0, 0.05) is 0 Å². The normalized spacial score (nSPS) is 17.4. The van der Waals surface area contributed by atoms with Crippen LogP contribution in [0.2, 0.25) is 0 Å². The molecule has 0 saturated heterocycles. The van der Waals surface area contributed by atoms with E-state index in [1.54, 1.807) is 6.92 Å². The van der Waals surface area contributed by atoms with Gasteiger partial charge in [0.2, 0.25) is 0 Å². The van der Waals surface area contributed by atoms with Gasteiger partial charge in [-0.1, -0.05) is 30.3 Å². The first-order valence-electron chi connectivity index (χ1n) is 4.99. The van der Waals surface area contributed by atoms with Crippen molar-refractivity contribution in [3.8, 4) is 0 Å². The zero-order valence-electron chi connectivity index (χ0n) is 8.97. The Morgan fingerprint density at radius 1 is 1.07 bits per heavy atom. The average Bonchev–Trinajstić information content (AvgIpc) is 2.19. The van der Waals surface area contributed by atoms with E-state index in [0.717, 1.165) is 5.56 Å². The summed E-state index contributed by atoms with van der Waals surface area (Å²) in [6, 6.07) is 10.0. The number of aliphatic hydroxyl groups is 1. The minimum atomic E-state index is -0.429. The lowest BCUT2D eigenvalue weighted by molar-refractivity contribution is -0.0557. The second-order valence-corrected chi connectivity index (χ2v) is 3.63. The van der Waals surface area contributed by atoms with Crippen LogP contribution < -0.4 is 0 Å². The first-order valence-corrected chi connectivity index (χ1v) is 4.99. The number of hydrogen-bond acceptors (Lipinski definition) is 2. The van der Waals surface area contributed by atoms with Gasteiger partial charge in [0.1, 0.15) is 0 Å². The molecule has 1 aromatic carbocycles. The van der Waals surface area contributed by atoms with Crippen LogP contribution in [0, 0.1) is 0 Å². The summed E-state index contributed by atoms with van der Waals surface area (Å²) in [7, 11) is 0. The van der Waals surface area contributed by atoms with E-state index >= 15 is 0 Å². The Labute approximate surface area is 85.5 Å². The number of hydrogen-bond donors (Lipinski definition) is 1. The number of benzene rings is 1. The predicted octanol–water partition coefficient (Wildman–Crippen LogP) is 2.53. The van der Waals surface area contributed by atoms with Crippen LogP contribution in [0.3, 0.4) is 0 Å². The second-order valence-electron chi connectivity index (χ2n) is 3.63. The third kappa shape index (κ3) is 3.13. The van der Waals surface area contributed by atoms with Gasteiger partial charge in [-0.15, -0.1) is 0 Å². The van der Waals surface area contributed by atoms with Crippen molar-refractivity contribution in [1.82, 2.24) is 0 Å². The zero-order valence-corrected chi connectivity index (χ0v) is 8.97. The van der Waals surface area contributed by atoms with Gasteiger partial charge in [-0.2, -0.15) is 0 Å². The Bertz CT molecular complexity index is 256. The van der Waals surface area contributed by atoms with Gasteiger partial charge in [-0.05, 0) is 26.3 Å². The van der Waals surface area contributed by atoms with Gasteiger partial charge in [-0.3, -0.25) is 0 Å². The van der Waals surface area contributed by atoms with E-state index in [-0.39, 0.29) is 12.2 Å². The largest absolute Gasteiger partial charge is 0.391 e. The zero-order chi connectivity index (χ0) is 10.6. The minimum absolute atomic E-state index is 0.0285. The monoisotopic (exact) mass is 194 g/mol. The summed E-state index contributed by atoms with van der Waals surface area (Å²) < 4.78 is 5.65. The summed E-state index contributed by atoms with van der Waals surface area (Å²) in [6.45, 7) is 5.61. The SMILES string of the molecule is C[C@@H](O[C@H](C)[C@@H](C)O)c1ccccc1. The molecule has 0 saturated carbocycles. The Balaban J connectivity index is 2.55. The highest BCUT2D eigenvalue weighted by Gasteiger charge is 2.14. The lowest BCUT2D eigenvalue weighted by atomic mass is 10.1. The quantitative estimate of drug-likeness (QED) is 0.798. The minimum Gasteiger partial charge on any atom is -0.391 e. The van der Waals surface area contributed by atoms with Crippen LogP contribution >= 0.6 is 0 Å². The first kappa shape index (κ1) is 11.2. The lowest BCUT2D eigenvalue weighted by Crippen LogP contribution is -2.24. The Hall–Kier alpha value is -0.860. The number of rotatable bonds is 4. The van der Waals surface area contributed by atoms with Gasteiger partial charge < -0.3 is 9.84 Å². The number of aliphatic hydroxyl groups excluding tert-OH is 1. The molecule has 0 heterocycles. The van der Waals surface area contributed by atoms with E-state index in [2.05, 4.69) is 0 Å². The van der Waals surface area contributed by atoms with Crippen molar-refractivity contribution in [1.29, 1.82) is 0 Å². The van der Waals surface area contributed by atoms with Crippen molar-refractivity contribution < 1.29 is 9.84 Å². The molecule has 1 N–H and O–H groups in total. The van der Waals surface area contributed by atoms with Gasteiger partial charge in [0.25, 0.3) is 0 Å². The van der Waals surface area contributed by atoms with Gasteiger partial charge in [0.15, 0.2) is 0 Å². The van der Waals surface area contributed by atoms with Crippen molar-refractivity contribution in [3.05, 3.63) is 35.9 Å². The van der Waals surface area contributed by atoms with Gasteiger partial charge >= 0.3 is 0 Å². The smallest absolute Gasteiger partial charge is 0.0811 e. The molecule has 2 nitrogen and oxygen atoms in total. The molecule has 1 aromatic rings. The molecule has 1 rings (SSSR count). The molecule has 0 aromatic heterocycles. The molecule has 0 aliphatic heterocycles. The van der Waals surface area contributed by atoms with Crippen LogP contribution in [0.5, 0.6) is 0 Å². The highest BCUT2D eigenvalue weighted by molar-refractivity contribution is 5.16. The van der Waals surface area contributed by atoms with Crippen molar-refractivity contribution in [3.63, 3.8) is 0 Å². The average molecular weight is 194 g/mol. The molecule has 2 heteroatoms. The van der Waals surface area contributed by atoms with E-state index in [1.807, 2.05) is 44.2 Å². The van der Waals surface area contributed by atoms with Crippen LogP contribution in [-0.2, 0) is 4.74 Å². The van der Waals surface area contributed by atoms with E-state index in [9.17, 15) is 5.11 Å². The maximum Gasteiger partial charge on any atom is 0.0811 e. The van der Waals surface area contributed by atoms with E-state index in [4.69, 9.17) is 4.74 Å². The molecule has 14 heavy (non-hydrogen) atoms. The summed E-state index contributed by atoms with van der Waals surface area (Å²) in [5, 5.41) is 9.29. The van der Waals surface area contributed by atoms with Crippen LogP contribution in [0.4, 0.5) is 0 Å². The molecule has 3 atom stereocenters.